The minimum Gasteiger partial charge on any atom is -0.386 e. The Hall–Kier alpha value is -1.07. The van der Waals surface area contributed by atoms with E-state index in [2.05, 4.69) is 4.74 Å². The van der Waals surface area contributed by atoms with E-state index in [1.807, 2.05) is 0 Å². The lowest BCUT2D eigenvalue weighted by atomic mass is 10.1. The Labute approximate surface area is 72.9 Å². The number of hydrogen-bond donors (Lipinski definition) is 0. The average Bonchev–Trinajstić information content (AvgIpc) is 1.82. The first-order valence-electron chi connectivity index (χ1n) is 3.55. The number of alkyl halides is 3. The molecule has 0 aliphatic carbocycles. The van der Waals surface area contributed by atoms with E-state index in [0.717, 1.165) is 0 Å². The smallest absolute Gasteiger partial charge is 0.386 e. The molecule has 0 aromatic carbocycles. The molecule has 0 aliphatic rings. The van der Waals surface area contributed by atoms with Crippen LogP contribution in [0.4, 0.5) is 13.2 Å². The van der Waals surface area contributed by atoms with Gasteiger partial charge in [-0.25, -0.2) is 4.79 Å². The summed E-state index contributed by atoms with van der Waals surface area (Å²) >= 11 is 0. The number of halogens is 3. The van der Waals surface area contributed by atoms with Gasteiger partial charge in [-0.3, -0.25) is 4.79 Å². The lowest BCUT2D eigenvalue weighted by Crippen LogP contribution is -2.28. The minimum atomic E-state index is -5.10. The van der Waals surface area contributed by atoms with Crippen molar-refractivity contribution >= 4 is 11.9 Å². The zero-order valence-electron chi connectivity index (χ0n) is 7.14. The van der Waals surface area contributed by atoms with Crippen LogP contribution < -0.4 is 0 Å². The molecule has 0 fully saturated rings. The maximum Gasteiger partial charge on any atom is 0.491 e. The molecule has 6 heteroatoms. The molecule has 0 N–H and O–H groups in total. The maximum absolute atomic E-state index is 11.5. The lowest BCUT2D eigenvalue weighted by Gasteiger charge is -2.06. The molecule has 0 aromatic heterocycles. The molecule has 76 valence electrons. The zero-order valence-corrected chi connectivity index (χ0v) is 7.14. The Morgan fingerprint density at radius 2 is 1.77 bits per heavy atom. The maximum atomic E-state index is 11.5. The minimum absolute atomic E-state index is 0.145. The fraction of sp³-hybridized carbons (Fsp3) is 0.714. The standard InChI is InChI=1S/C7H9F3O3/c1-4(2)3-5(11)13-6(12)7(8,9)10/h4H,3H2,1-2H3. The second kappa shape index (κ2) is 4.25. The van der Waals surface area contributed by atoms with E-state index in [9.17, 15) is 22.8 Å². The second-order valence-electron chi connectivity index (χ2n) is 2.86. The molecule has 0 rings (SSSR count). The quantitative estimate of drug-likeness (QED) is 0.500. The number of carbonyl (C=O) groups is 2. The van der Waals surface area contributed by atoms with E-state index in [-0.39, 0.29) is 12.3 Å². The Morgan fingerprint density at radius 3 is 2.08 bits per heavy atom. The van der Waals surface area contributed by atoms with Gasteiger partial charge >= 0.3 is 18.1 Å². The second-order valence-corrected chi connectivity index (χ2v) is 2.86. The van der Waals surface area contributed by atoms with Gasteiger partial charge in [-0.2, -0.15) is 13.2 Å². The highest BCUT2D eigenvalue weighted by Gasteiger charge is 2.42. The van der Waals surface area contributed by atoms with Crippen LogP contribution in [0.15, 0.2) is 0 Å². The van der Waals surface area contributed by atoms with Crippen molar-refractivity contribution in [2.24, 2.45) is 5.92 Å². The van der Waals surface area contributed by atoms with E-state index < -0.39 is 18.1 Å². The van der Waals surface area contributed by atoms with Gasteiger partial charge in [0.15, 0.2) is 0 Å². The summed E-state index contributed by atoms with van der Waals surface area (Å²) in [5.41, 5.74) is 0. The van der Waals surface area contributed by atoms with Gasteiger partial charge in [0.1, 0.15) is 0 Å². The monoisotopic (exact) mass is 198 g/mol. The third-order valence-corrected chi connectivity index (χ3v) is 1.01. The number of rotatable bonds is 2. The van der Waals surface area contributed by atoms with Crippen LogP contribution in [0.1, 0.15) is 20.3 Å². The molecule has 0 aromatic rings. The third kappa shape index (κ3) is 5.21. The predicted octanol–water partition coefficient (Wildman–Crippen LogP) is 1.66. The van der Waals surface area contributed by atoms with Gasteiger partial charge in [0.25, 0.3) is 0 Å². The van der Waals surface area contributed by atoms with E-state index in [4.69, 9.17) is 0 Å². The van der Waals surface area contributed by atoms with Gasteiger partial charge in [-0.15, -0.1) is 0 Å². The Bertz CT molecular complexity index is 208. The van der Waals surface area contributed by atoms with Crippen molar-refractivity contribution in [2.75, 3.05) is 0 Å². The van der Waals surface area contributed by atoms with Crippen molar-refractivity contribution in [3.63, 3.8) is 0 Å². The molecular formula is C7H9F3O3. The highest BCUT2D eigenvalue weighted by atomic mass is 19.4. The van der Waals surface area contributed by atoms with Crippen molar-refractivity contribution in [1.82, 2.24) is 0 Å². The van der Waals surface area contributed by atoms with Crippen molar-refractivity contribution in [1.29, 1.82) is 0 Å². The molecule has 0 saturated carbocycles. The van der Waals surface area contributed by atoms with E-state index >= 15 is 0 Å². The lowest BCUT2D eigenvalue weighted by molar-refractivity contribution is -0.202. The summed E-state index contributed by atoms with van der Waals surface area (Å²) in [5, 5.41) is 0. The molecule has 0 amide bonds. The first-order valence-corrected chi connectivity index (χ1v) is 3.55. The highest BCUT2D eigenvalue weighted by molar-refractivity contribution is 5.88. The van der Waals surface area contributed by atoms with Crippen LogP contribution in [0.3, 0.4) is 0 Å². The van der Waals surface area contributed by atoms with Crippen LogP contribution in [0.25, 0.3) is 0 Å². The normalized spacial score (nSPS) is 11.5. The van der Waals surface area contributed by atoms with Crippen LogP contribution in [-0.2, 0) is 14.3 Å². The average molecular weight is 198 g/mol. The predicted molar refractivity (Wildman–Crippen MR) is 36.6 cm³/mol. The Morgan fingerprint density at radius 1 is 1.31 bits per heavy atom. The van der Waals surface area contributed by atoms with Gasteiger partial charge in [0.2, 0.25) is 0 Å². The molecule has 0 aliphatic heterocycles. The first-order chi connectivity index (χ1) is 5.73. The fourth-order valence-corrected chi connectivity index (χ4v) is 0.536. The molecule has 0 spiro atoms. The van der Waals surface area contributed by atoms with Crippen molar-refractivity contribution in [3.05, 3.63) is 0 Å². The Balaban J connectivity index is 4.01. The van der Waals surface area contributed by atoms with Crippen LogP contribution in [0.2, 0.25) is 0 Å². The summed E-state index contributed by atoms with van der Waals surface area (Å²) in [6.45, 7) is 3.25. The van der Waals surface area contributed by atoms with E-state index in [1.54, 1.807) is 13.8 Å². The van der Waals surface area contributed by atoms with Crippen LogP contribution in [-0.4, -0.2) is 18.1 Å². The van der Waals surface area contributed by atoms with Crippen molar-refractivity contribution < 1.29 is 27.5 Å². The molecule has 0 saturated heterocycles. The summed E-state index contributed by atoms with van der Waals surface area (Å²) in [5.74, 6) is -3.76. The summed E-state index contributed by atoms with van der Waals surface area (Å²) < 4.78 is 38.1. The van der Waals surface area contributed by atoms with Crippen LogP contribution in [0.5, 0.6) is 0 Å². The summed E-state index contributed by atoms with van der Waals surface area (Å²) in [4.78, 5) is 20.7. The fourth-order valence-electron chi connectivity index (χ4n) is 0.536. The summed E-state index contributed by atoms with van der Waals surface area (Å²) in [6, 6.07) is 0. The van der Waals surface area contributed by atoms with Gasteiger partial charge < -0.3 is 4.74 Å². The molecule has 0 unspecified atom stereocenters. The summed E-state index contributed by atoms with van der Waals surface area (Å²) in [6.07, 6.45) is -5.31. The van der Waals surface area contributed by atoms with Crippen LogP contribution in [0, 0.1) is 5.92 Å². The molecular weight excluding hydrogens is 189 g/mol. The van der Waals surface area contributed by atoms with E-state index in [1.165, 1.54) is 0 Å². The number of esters is 2. The Kier molecular flexibility index (Phi) is 3.90. The largest absolute Gasteiger partial charge is 0.491 e. The number of hydrogen-bond acceptors (Lipinski definition) is 3. The van der Waals surface area contributed by atoms with Crippen molar-refractivity contribution in [2.45, 2.75) is 26.4 Å². The highest BCUT2D eigenvalue weighted by Crippen LogP contribution is 2.17. The van der Waals surface area contributed by atoms with Gasteiger partial charge in [0, 0.05) is 6.42 Å². The number of ether oxygens (including phenoxy) is 1. The van der Waals surface area contributed by atoms with Crippen molar-refractivity contribution in [3.8, 4) is 0 Å². The summed E-state index contributed by atoms with van der Waals surface area (Å²) in [7, 11) is 0. The number of carbonyl (C=O) groups excluding carboxylic acids is 2. The van der Waals surface area contributed by atoms with Gasteiger partial charge in [0.05, 0.1) is 0 Å². The van der Waals surface area contributed by atoms with E-state index in [0.29, 0.717) is 0 Å². The van der Waals surface area contributed by atoms with Gasteiger partial charge in [-0.05, 0) is 5.92 Å². The molecule has 0 heterocycles. The first kappa shape index (κ1) is 11.9. The molecule has 3 nitrogen and oxygen atoms in total. The SMILES string of the molecule is CC(C)CC(=O)OC(=O)C(F)(F)F. The molecule has 0 atom stereocenters. The zero-order chi connectivity index (χ0) is 10.6. The topological polar surface area (TPSA) is 43.4 Å². The molecule has 0 radical (unpaired) electrons. The molecule has 13 heavy (non-hydrogen) atoms. The van der Waals surface area contributed by atoms with Gasteiger partial charge in [-0.1, -0.05) is 13.8 Å². The molecule has 0 bridgehead atoms. The third-order valence-electron chi connectivity index (χ3n) is 1.01. The van der Waals surface area contributed by atoms with Crippen LogP contribution >= 0.6 is 0 Å².